The lowest BCUT2D eigenvalue weighted by Crippen LogP contribution is -2.39. The number of rotatable bonds is 7. The number of benzene rings is 3. The van der Waals surface area contributed by atoms with E-state index in [9.17, 15) is 17.6 Å². The van der Waals surface area contributed by atoms with Gasteiger partial charge in [0.05, 0.1) is 17.9 Å². The number of sulfone groups is 1. The van der Waals surface area contributed by atoms with Crippen LogP contribution in [-0.2, 0) is 22.8 Å². The Morgan fingerprint density at radius 3 is 2.43 bits per heavy atom. The average molecular weight is 521 g/mol. The standard InChI is InChI=1S/C27H25FN4O4S/c28-23-8-4-19(5-9-23)17-25-30-26(31-36-25)21-6-10-24(11-7-21)29-27(33)22-3-1-2-20(16-22)18-32-12-14-37(34,35)15-13-32/h1-11,16H,12-15,17-18H2,(H,29,33). The van der Waals surface area contributed by atoms with Gasteiger partial charge in [-0.25, -0.2) is 12.8 Å². The number of carbonyl (C=O) groups is 1. The molecule has 1 fully saturated rings. The molecule has 5 rings (SSSR count). The van der Waals surface area contributed by atoms with Crippen molar-refractivity contribution in [3.63, 3.8) is 0 Å². The fraction of sp³-hybridized carbons (Fsp3) is 0.222. The van der Waals surface area contributed by atoms with Crippen molar-refractivity contribution >= 4 is 21.4 Å². The summed E-state index contributed by atoms with van der Waals surface area (Å²) in [4.78, 5) is 19.3. The highest BCUT2D eigenvalue weighted by Gasteiger charge is 2.21. The summed E-state index contributed by atoms with van der Waals surface area (Å²) in [6.07, 6.45) is 0.400. The average Bonchev–Trinajstić information content (AvgIpc) is 3.36. The smallest absolute Gasteiger partial charge is 0.255 e. The first-order valence-corrected chi connectivity index (χ1v) is 13.7. The maximum atomic E-state index is 13.1. The third kappa shape index (κ3) is 6.46. The molecular weight excluding hydrogens is 495 g/mol. The van der Waals surface area contributed by atoms with E-state index in [1.54, 1.807) is 42.5 Å². The third-order valence-electron chi connectivity index (χ3n) is 6.17. The first-order valence-electron chi connectivity index (χ1n) is 11.8. The molecule has 0 radical (unpaired) electrons. The molecule has 3 aromatic carbocycles. The molecule has 0 aliphatic carbocycles. The highest BCUT2D eigenvalue weighted by Crippen LogP contribution is 2.21. The number of nitrogens with one attached hydrogen (secondary N) is 1. The summed E-state index contributed by atoms with van der Waals surface area (Å²) in [6, 6.07) is 20.6. The van der Waals surface area contributed by atoms with Gasteiger partial charge < -0.3 is 9.84 Å². The summed E-state index contributed by atoms with van der Waals surface area (Å²) in [7, 11) is -2.93. The molecular formula is C27H25FN4O4S. The molecule has 1 amide bonds. The molecule has 1 aromatic heterocycles. The van der Waals surface area contributed by atoms with Gasteiger partial charge in [-0.3, -0.25) is 9.69 Å². The normalized spacial score (nSPS) is 15.4. The maximum absolute atomic E-state index is 13.1. The van der Waals surface area contributed by atoms with Crippen LogP contribution >= 0.6 is 0 Å². The number of hydrogen-bond donors (Lipinski definition) is 1. The monoisotopic (exact) mass is 520 g/mol. The van der Waals surface area contributed by atoms with Crippen molar-refractivity contribution in [2.24, 2.45) is 0 Å². The van der Waals surface area contributed by atoms with Gasteiger partial charge in [0.15, 0.2) is 9.84 Å². The number of amides is 1. The van der Waals surface area contributed by atoms with Gasteiger partial charge in [-0.2, -0.15) is 4.98 Å². The van der Waals surface area contributed by atoms with Crippen molar-refractivity contribution in [3.05, 3.63) is 101 Å². The first kappa shape index (κ1) is 24.8. The van der Waals surface area contributed by atoms with Gasteiger partial charge in [-0.1, -0.05) is 29.4 Å². The second kappa shape index (κ2) is 10.6. The molecule has 0 bridgehead atoms. The van der Waals surface area contributed by atoms with Gasteiger partial charge in [0.25, 0.3) is 5.91 Å². The Balaban J connectivity index is 1.19. The Bertz CT molecular complexity index is 1490. The zero-order valence-electron chi connectivity index (χ0n) is 19.9. The van der Waals surface area contributed by atoms with E-state index < -0.39 is 9.84 Å². The fourth-order valence-corrected chi connectivity index (χ4v) is 5.38. The van der Waals surface area contributed by atoms with Crippen molar-refractivity contribution in [3.8, 4) is 11.4 Å². The molecule has 1 saturated heterocycles. The minimum absolute atomic E-state index is 0.169. The van der Waals surface area contributed by atoms with Crippen molar-refractivity contribution in [1.29, 1.82) is 0 Å². The molecule has 37 heavy (non-hydrogen) atoms. The van der Waals surface area contributed by atoms with Gasteiger partial charge in [0, 0.05) is 36.4 Å². The van der Waals surface area contributed by atoms with Gasteiger partial charge >= 0.3 is 0 Å². The van der Waals surface area contributed by atoms with Gasteiger partial charge in [0.2, 0.25) is 11.7 Å². The topological polar surface area (TPSA) is 105 Å². The number of halogens is 1. The lowest BCUT2D eigenvalue weighted by molar-refractivity contribution is 0.102. The van der Waals surface area contributed by atoms with Crippen LogP contribution in [0, 0.1) is 5.82 Å². The Hall–Kier alpha value is -3.89. The van der Waals surface area contributed by atoms with Crippen LogP contribution in [0.15, 0.2) is 77.3 Å². The first-order chi connectivity index (χ1) is 17.8. The van der Waals surface area contributed by atoms with Crippen LogP contribution < -0.4 is 5.32 Å². The van der Waals surface area contributed by atoms with Gasteiger partial charge in [-0.15, -0.1) is 0 Å². The van der Waals surface area contributed by atoms with Gasteiger partial charge in [-0.05, 0) is 59.7 Å². The predicted octanol–water partition coefficient (Wildman–Crippen LogP) is 3.95. The molecule has 0 atom stereocenters. The van der Waals surface area contributed by atoms with E-state index in [-0.39, 0.29) is 23.2 Å². The van der Waals surface area contributed by atoms with Crippen molar-refractivity contribution in [2.45, 2.75) is 13.0 Å². The highest BCUT2D eigenvalue weighted by atomic mass is 32.2. The quantitative estimate of drug-likeness (QED) is 0.393. The number of carbonyl (C=O) groups excluding carboxylic acids is 1. The molecule has 0 saturated carbocycles. The molecule has 2 heterocycles. The number of anilines is 1. The number of aromatic nitrogens is 2. The molecule has 10 heteroatoms. The van der Waals surface area contributed by atoms with E-state index in [0.29, 0.717) is 49.0 Å². The maximum Gasteiger partial charge on any atom is 0.255 e. The van der Waals surface area contributed by atoms with Crippen LogP contribution in [0.4, 0.5) is 10.1 Å². The molecule has 1 aliphatic heterocycles. The van der Waals surface area contributed by atoms with E-state index in [1.165, 1.54) is 12.1 Å². The molecule has 1 N–H and O–H groups in total. The zero-order chi connectivity index (χ0) is 25.8. The molecule has 0 spiro atoms. The Morgan fingerprint density at radius 1 is 0.973 bits per heavy atom. The highest BCUT2D eigenvalue weighted by molar-refractivity contribution is 7.91. The molecule has 1 aliphatic rings. The number of nitrogens with zero attached hydrogens (tertiary/aromatic N) is 3. The fourth-order valence-electron chi connectivity index (χ4n) is 4.10. The van der Waals surface area contributed by atoms with Crippen LogP contribution in [0.2, 0.25) is 0 Å². The second-order valence-electron chi connectivity index (χ2n) is 8.97. The molecule has 0 unspecified atom stereocenters. The molecule has 190 valence electrons. The number of hydrogen-bond acceptors (Lipinski definition) is 7. The van der Waals surface area contributed by atoms with Crippen LogP contribution in [-0.4, -0.2) is 54.0 Å². The summed E-state index contributed by atoms with van der Waals surface area (Å²) in [6.45, 7) is 1.59. The van der Waals surface area contributed by atoms with Gasteiger partial charge in [0.1, 0.15) is 5.82 Å². The minimum atomic E-state index is -2.93. The summed E-state index contributed by atoms with van der Waals surface area (Å²) in [5, 5.41) is 6.91. The van der Waals surface area contributed by atoms with Crippen LogP contribution in [0.1, 0.15) is 27.4 Å². The zero-order valence-corrected chi connectivity index (χ0v) is 20.7. The van der Waals surface area contributed by atoms with E-state index in [2.05, 4.69) is 20.4 Å². The van der Waals surface area contributed by atoms with E-state index in [1.807, 2.05) is 18.2 Å². The van der Waals surface area contributed by atoms with E-state index in [0.717, 1.165) is 16.7 Å². The Labute approximate surface area is 214 Å². The van der Waals surface area contributed by atoms with E-state index in [4.69, 9.17) is 4.52 Å². The van der Waals surface area contributed by atoms with E-state index >= 15 is 0 Å². The van der Waals surface area contributed by atoms with Crippen LogP contribution in [0.25, 0.3) is 11.4 Å². The minimum Gasteiger partial charge on any atom is -0.339 e. The summed E-state index contributed by atoms with van der Waals surface area (Å²) >= 11 is 0. The van der Waals surface area contributed by atoms with Crippen LogP contribution in [0.3, 0.4) is 0 Å². The Morgan fingerprint density at radius 2 is 1.70 bits per heavy atom. The largest absolute Gasteiger partial charge is 0.339 e. The lowest BCUT2D eigenvalue weighted by atomic mass is 10.1. The summed E-state index contributed by atoms with van der Waals surface area (Å²) in [5.41, 5.74) is 3.70. The third-order valence-corrected chi connectivity index (χ3v) is 7.78. The molecule has 4 aromatic rings. The predicted molar refractivity (Wildman–Crippen MR) is 137 cm³/mol. The summed E-state index contributed by atoms with van der Waals surface area (Å²) in [5.74, 6) is 0.646. The Kier molecular flexibility index (Phi) is 7.11. The van der Waals surface area contributed by atoms with Crippen LogP contribution in [0.5, 0.6) is 0 Å². The van der Waals surface area contributed by atoms with Crippen molar-refractivity contribution in [2.75, 3.05) is 29.9 Å². The summed E-state index contributed by atoms with van der Waals surface area (Å²) < 4.78 is 41.7. The molecule has 8 nitrogen and oxygen atoms in total. The second-order valence-corrected chi connectivity index (χ2v) is 11.3. The SMILES string of the molecule is O=C(Nc1ccc(-c2noc(Cc3ccc(F)cc3)n2)cc1)c1cccc(CN2CCS(=O)(=O)CC2)c1. The lowest BCUT2D eigenvalue weighted by Gasteiger charge is -2.26. The van der Waals surface area contributed by atoms with Crippen molar-refractivity contribution in [1.82, 2.24) is 15.0 Å². The van der Waals surface area contributed by atoms with Crippen molar-refractivity contribution < 1.29 is 22.1 Å².